The van der Waals surface area contributed by atoms with Crippen LogP contribution in [-0.4, -0.2) is 99.9 Å². The van der Waals surface area contributed by atoms with Gasteiger partial charge < -0.3 is 25.1 Å². The first-order chi connectivity index (χ1) is 23.6. The maximum absolute atomic E-state index is 14.2. The summed E-state index contributed by atoms with van der Waals surface area (Å²) in [5.41, 5.74) is 4.13. The van der Waals surface area contributed by atoms with E-state index < -0.39 is 17.9 Å². The number of benzene rings is 2. The lowest BCUT2D eigenvalue weighted by Crippen LogP contribution is -2.51. The minimum atomic E-state index is -0.765. The minimum Gasteiger partial charge on any atom is -0.480 e. The zero-order valence-electron chi connectivity index (χ0n) is 28.8. The van der Waals surface area contributed by atoms with Crippen LogP contribution in [0.2, 0.25) is 0 Å². The van der Waals surface area contributed by atoms with Crippen LogP contribution in [-0.2, 0) is 27.3 Å². The van der Waals surface area contributed by atoms with Gasteiger partial charge in [-0.1, -0.05) is 46.3 Å². The number of fused-ring (bicyclic) bond motifs is 1. The topological polar surface area (TPSA) is 113 Å². The number of carboxylic acids is 1. The molecule has 4 aliphatic rings. The molecule has 10 nitrogen and oxygen atoms in total. The number of aliphatic carboxylic acids is 1. The molecule has 6 rings (SSSR count). The zero-order valence-corrected chi connectivity index (χ0v) is 30.4. The summed E-state index contributed by atoms with van der Waals surface area (Å²) in [6.07, 6.45) is 6.03. The maximum atomic E-state index is 14.2. The molecule has 2 aromatic rings. The lowest BCUT2D eigenvalue weighted by molar-refractivity contribution is -0.143. The number of urea groups is 1. The molecule has 3 fully saturated rings. The lowest BCUT2D eigenvalue weighted by atomic mass is 9.78. The number of likely N-dealkylation sites (tertiary alicyclic amines) is 3. The van der Waals surface area contributed by atoms with Gasteiger partial charge in [-0.3, -0.25) is 19.3 Å². The predicted octanol–water partition coefficient (Wildman–Crippen LogP) is 5.77. The van der Waals surface area contributed by atoms with E-state index in [1.807, 2.05) is 58.0 Å². The van der Waals surface area contributed by atoms with E-state index in [2.05, 4.69) is 32.2 Å². The van der Waals surface area contributed by atoms with Crippen LogP contribution in [0.1, 0.15) is 68.6 Å². The smallest absolute Gasteiger partial charge is 0.322 e. The van der Waals surface area contributed by atoms with Crippen molar-refractivity contribution < 1.29 is 24.3 Å². The summed E-state index contributed by atoms with van der Waals surface area (Å²) in [6.45, 7) is 8.54. The highest BCUT2D eigenvalue weighted by Gasteiger charge is 2.37. The number of carbonyl (C=O) groups is 4. The highest BCUT2D eigenvalue weighted by Crippen LogP contribution is 2.34. The van der Waals surface area contributed by atoms with Crippen molar-refractivity contribution in [3.8, 4) is 0 Å². The number of nitrogens with zero attached hydrogens (tertiary/aromatic N) is 4. The van der Waals surface area contributed by atoms with E-state index in [0.29, 0.717) is 63.8 Å². The van der Waals surface area contributed by atoms with E-state index in [4.69, 9.17) is 0 Å². The first-order valence-electron chi connectivity index (χ1n) is 18.0. The summed E-state index contributed by atoms with van der Waals surface area (Å²) in [5, 5.41) is 12.4. The summed E-state index contributed by atoms with van der Waals surface area (Å²) in [6, 6.07) is 13.6. The lowest BCUT2D eigenvalue weighted by Gasteiger charge is -2.42. The predicted molar refractivity (Wildman–Crippen MR) is 192 cm³/mol. The standard InChI is InChI=1S/C38H50BrN5O5/c1-25-21-27(7-8-33(25)39)22-31(36(46)43-17-11-29(12-18-43)28-9-15-41(16-10-28)26(2)37(47)48)23-35(45)42-19-13-32(14-20-42)44-24-30-5-3-4-6-34(30)40-38(44)49/h3-8,21,26,28-29,31-32H,9-20,22-24H2,1-2H3,(H,40,49)(H,47,48). The van der Waals surface area contributed by atoms with Crippen LogP contribution in [0.15, 0.2) is 46.9 Å². The number of para-hydroxylation sites is 1. The SMILES string of the molecule is Cc1cc(CC(CC(=O)N2CCC(N3Cc4ccccc4NC3=O)CC2)C(=O)N2CCC(C3CCN(C(C)C(=O)O)CC3)CC2)ccc1Br. The Balaban J connectivity index is 1.05. The quantitative estimate of drug-likeness (QED) is 0.338. The van der Waals surface area contributed by atoms with Gasteiger partial charge in [0, 0.05) is 55.3 Å². The first kappa shape index (κ1) is 35.4. The third-order valence-corrected chi connectivity index (χ3v) is 12.5. The Bertz CT molecular complexity index is 1530. The fraction of sp³-hybridized carbons (Fsp3) is 0.579. The van der Waals surface area contributed by atoms with Crippen molar-refractivity contribution in [1.82, 2.24) is 19.6 Å². The van der Waals surface area contributed by atoms with E-state index in [1.54, 1.807) is 6.92 Å². The Morgan fingerprint density at radius 1 is 0.898 bits per heavy atom. The molecule has 4 aliphatic heterocycles. The third kappa shape index (κ3) is 8.31. The maximum Gasteiger partial charge on any atom is 0.322 e. The highest BCUT2D eigenvalue weighted by molar-refractivity contribution is 9.10. The largest absolute Gasteiger partial charge is 0.480 e. The summed E-state index contributed by atoms with van der Waals surface area (Å²) >= 11 is 3.59. The molecule has 11 heteroatoms. The fourth-order valence-electron chi connectivity index (χ4n) is 8.43. The van der Waals surface area contributed by atoms with E-state index in [9.17, 15) is 24.3 Å². The minimum absolute atomic E-state index is 0.0105. The monoisotopic (exact) mass is 735 g/mol. The molecule has 0 aliphatic carbocycles. The molecule has 0 bridgehead atoms. The van der Waals surface area contributed by atoms with E-state index in [-0.39, 0.29) is 30.3 Å². The number of aryl methyl sites for hydroxylation is 1. The van der Waals surface area contributed by atoms with Crippen LogP contribution in [0.3, 0.4) is 0 Å². The average Bonchev–Trinajstić information content (AvgIpc) is 3.12. The number of amides is 4. The van der Waals surface area contributed by atoms with Gasteiger partial charge in [0.15, 0.2) is 0 Å². The molecule has 0 radical (unpaired) electrons. The van der Waals surface area contributed by atoms with Crippen molar-refractivity contribution in [3.05, 3.63) is 63.6 Å². The van der Waals surface area contributed by atoms with Gasteiger partial charge in [-0.15, -0.1) is 0 Å². The molecule has 0 aromatic heterocycles. The molecule has 0 saturated carbocycles. The number of piperidine rings is 3. The average molecular weight is 737 g/mol. The van der Waals surface area contributed by atoms with Crippen LogP contribution in [0.25, 0.3) is 0 Å². The third-order valence-electron chi connectivity index (χ3n) is 11.6. The van der Waals surface area contributed by atoms with Crippen molar-refractivity contribution in [2.75, 3.05) is 44.6 Å². The van der Waals surface area contributed by atoms with E-state index in [1.165, 1.54) is 0 Å². The summed E-state index contributed by atoms with van der Waals surface area (Å²) in [7, 11) is 0. The van der Waals surface area contributed by atoms with Gasteiger partial charge in [-0.25, -0.2) is 4.79 Å². The Morgan fingerprint density at radius 3 is 2.18 bits per heavy atom. The first-order valence-corrected chi connectivity index (χ1v) is 18.8. The summed E-state index contributed by atoms with van der Waals surface area (Å²) in [5.74, 6) is -0.0255. The van der Waals surface area contributed by atoms with Crippen molar-refractivity contribution >= 4 is 45.4 Å². The highest BCUT2D eigenvalue weighted by atomic mass is 79.9. The summed E-state index contributed by atoms with van der Waals surface area (Å²) < 4.78 is 1.02. The van der Waals surface area contributed by atoms with Crippen molar-refractivity contribution in [2.24, 2.45) is 17.8 Å². The number of rotatable bonds is 9. The Labute approximate surface area is 298 Å². The van der Waals surface area contributed by atoms with Gasteiger partial charge in [-0.2, -0.15) is 0 Å². The van der Waals surface area contributed by atoms with Gasteiger partial charge >= 0.3 is 12.0 Å². The Kier molecular flexibility index (Phi) is 11.3. The molecule has 2 N–H and O–H groups in total. The summed E-state index contributed by atoms with van der Waals surface area (Å²) in [4.78, 5) is 60.2. The van der Waals surface area contributed by atoms with Gasteiger partial charge in [0.05, 0.1) is 5.92 Å². The van der Waals surface area contributed by atoms with E-state index >= 15 is 0 Å². The van der Waals surface area contributed by atoms with E-state index in [0.717, 1.165) is 65.6 Å². The normalized spacial score (nSPS) is 21.2. The molecule has 264 valence electrons. The van der Waals surface area contributed by atoms with Crippen molar-refractivity contribution in [2.45, 2.75) is 83.8 Å². The van der Waals surface area contributed by atoms with Crippen molar-refractivity contribution in [1.29, 1.82) is 0 Å². The number of nitrogens with one attached hydrogen (secondary N) is 1. The van der Waals surface area contributed by atoms with Crippen LogP contribution in [0.4, 0.5) is 10.5 Å². The van der Waals surface area contributed by atoms with Gasteiger partial charge in [0.2, 0.25) is 11.8 Å². The number of hydrogen-bond donors (Lipinski definition) is 2. The second-order valence-electron chi connectivity index (χ2n) is 14.6. The van der Waals surface area contributed by atoms with Gasteiger partial charge in [0.25, 0.3) is 0 Å². The molecule has 3 saturated heterocycles. The number of halogens is 1. The van der Waals surface area contributed by atoms with Gasteiger partial charge in [-0.05, 0) is 113 Å². The molecule has 0 spiro atoms. The fourth-order valence-corrected chi connectivity index (χ4v) is 8.68. The molecular weight excluding hydrogens is 686 g/mol. The molecule has 2 unspecified atom stereocenters. The second-order valence-corrected chi connectivity index (χ2v) is 15.4. The number of hydrogen-bond acceptors (Lipinski definition) is 5. The van der Waals surface area contributed by atoms with Crippen LogP contribution in [0.5, 0.6) is 0 Å². The molecular formula is C38H50BrN5O5. The molecule has 4 heterocycles. The zero-order chi connectivity index (χ0) is 34.7. The van der Waals surface area contributed by atoms with Crippen LogP contribution < -0.4 is 5.32 Å². The molecule has 2 aromatic carbocycles. The van der Waals surface area contributed by atoms with Crippen molar-refractivity contribution in [3.63, 3.8) is 0 Å². The number of anilines is 1. The molecule has 4 amide bonds. The Hall–Kier alpha value is -3.44. The molecule has 49 heavy (non-hydrogen) atoms. The number of carboxylic acid groups (broad SMARTS) is 1. The van der Waals surface area contributed by atoms with Crippen LogP contribution in [0, 0.1) is 24.7 Å². The Morgan fingerprint density at radius 2 is 1.53 bits per heavy atom. The molecule has 2 atom stereocenters. The van der Waals surface area contributed by atoms with Crippen LogP contribution >= 0.6 is 15.9 Å². The second kappa shape index (κ2) is 15.6. The van der Waals surface area contributed by atoms with Gasteiger partial charge in [0.1, 0.15) is 6.04 Å². The number of carbonyl (C=O) groups excluding carboxylic acids is 3.